The van der Waals surface area contributed by atoms with Crippen molar-refractivity contribution in [3.05, 3.63) is 19.0 Å². The van der Waals surface area contributed by atoms with Crippen molar-refractivity contribution in [3.8, 4) is 0 Å². The summed E-state index contributed by atoms with van der Waals surface area (Å²) in [7, 11) is -4.27. The van der Waals surface area contributed by atoms with Crippen molar-refractivity contribution in [3.63, 3.8) is 0 Å². The number of piperidine rings is 1. The molecule has 1 unspecified atom stereocenters. The Morgan fingerprint density at radius 3 is 2.31 bits per heavy atom. The lowest BCUT2D eigenvalue weighted by Gasteiger charge is -2.42. The third-order valence-electron chi connectivity index (χ3n) is 11.6. The smallest absolute Gasteiger partial charge is 0.289 e. The Bertz CT molecular complexity index is 1630. The van der Waals surface area contributed by atoms with Crippen molar-refractivity contribution < 1.29 is 32.4 Å². The van der Waals surface area contributed by atoms with Crippen LogP contribution in [0.4, 0.5) is 0 Å². The maximum absolute atomic E-state index is 14.6. The first-order chi connectivity index (χ1) is 23.8. The second kappa shape index (κ2) is 14.4. The number of rotatable bonds is 15. The third kappa shape index (κ3) is 8.21. The lowest BCUT2D eigenvalue weighted by Crippen LogP contribution is -2.64. The molecule has 15 nitrogen and oxygen atoms in total. The van der Waals surface area contributed by atoms with Gasteiger partial charge in [-0.25, -0.2) is 18.5 Å². The lowest BCUT2D eigenvalue weighted by atomic mass is 9.70. The van der Waals surface area contributed by atoms with Gasteiger partial charge < -0.3 is 20.9 Å². The van der Waals surface area contributed by atoms with Crippen molar-refractivity contribution in [1.29, 1.82) is 0 Å². The number of carbonyl (C=O) groups excluding carboxylic acids is 5. The summed E-state index contributed by atoms with van der Waals surface area (Å²) in [5.41, 5.74) is -1.83. The first-order valence-electron chi connectivity index (χ1n) is 18.0. The van der Waals surface area contributed by atoms with E-state index in [1.165, 1.54) is 11.0 Å². The number of Topliss-reactive ketones (excluding diaryl/α,β-unsaturated/α-hetero) is 1. The zero-order valence-electron chi connectivity index (χ0n) is 30.6. The van der Waals surface area contributed by atoms with Crippen LogP contribution in [0.2, 0.25) is 0 Å². The Kier molecular flexibility index (Phi) is 10.9. The summed E-state index contributed by atoms with van der Waals surface area (Å²) in [6.07, 6.45) is 8.45. The fraction of sp³-hybridized carbons (Fsp3) is 0.743. The zero-order valence-corrected chi connectivity index (χ0v) is 31.4. The molecule has 0 spiro atoms. The Labute approximate surface area is 300 Å². The number of nitrogens with zero attached hydrogens (tertiary/aromatic N) is 3. The van der Waals surface area contributed by atoms with Crippen LogP contribution < -0.4 is 20.7 Å². The molecule has 1 saturated heterocycles. The fourth-order valence-electron chi connectivity index (χ4n) is 8.13. The van der Waals surface area contributed by atoms with E-state index in [9.17, 15) is 32.4 Å². The van der Waals surface area contributed by atoms with Crippen LogP contribution in [-0.2, 0) is 34.0 Å². The quantitative estimate of drug-likeness (QED) is 0.131. The number of aromatic nitrogens is 3. The van der Waals surface area contributed by atoms with E-state index in [0.717, 1.165) is 38.4 Å². The van der Waals surface area contributed by atoms with Gasteiger partial charge in [0.05, 0.1) is 6.04 Å². The molecule has 6 atom stereocenters. The van der Waals surface area contributed by atoms with E-state index in [2.05, 4.69) is 42.4 Å². The van der Waals surface area contributed by atoms with Gasteiger partial charge in [0.15, 0.2) is 0 Å². The topological polar surface area (TPSA) is 212 Å². The van der Waals surface area contributed by atoms with E-state index in [1.807, 2.05) is 20.8 Å². The molecule has 282 valence electrons. The number of carbonyl (C=O) groups is 5. The number of fused-ring (bicyclic) bond motifs is 1. The molecular formula is C35H54N8O7S. The van der Waals surface area contributed by atoms with Crippen LogP contribution in [0.3, 0.4) is 0 Å². The molecule has 4 fully saturated rings. The third-order valence-corrected chi connectivity index (χ3v) is 12.8. The van der Waals surface area contributed by atoms with E-state index in [0.29, 0.717) is 19.3 Å². The minimum absolute atomic E-state index is 0.0182. The summed E-state index contributed by atoms with van der Waals surface area (Å²) in [5.74, 6) is -3.13. The minimum atomic E-state index is -4.27. The molecule has 5 N–H and O–H groups in total. The van der Waals surface area contributed by atoms with Crippen LogP contribution in [0.1, 0.15) is 92.9 Å². The molecule has 1 aliphatic heterocycles. The highest BCUT2D eigenvalue weighted by Crippen LogP contribution is 2.65. The molecule has 5 rings (SSSR count). The molecule has 3 saturated carbocycles. The SMILES string of the molecule is C=CCNC(=O)C(=O)C(CC1CC1)NC(=O)[C@@H]1[C@@H]2[C@H](CN1C(=O)[C@@H](NC(=O)[C@@H](NS(=O)(=O)c1ncn[nH]1)C1(C)CCCCC1)C(C)(C)C)C2(C)C. The average Bonchev–Trinajstić information content (AvgIpc) is 3.74. The molecule has 0 bridgehead atoms. The summed E-state index contributed by atoms with van der Waals surface area (Å²) in [6.45, 7) is 15.3. The summed E-state index contributed by atoms with van der Waals surface area (Å²) in [4.78, 5) is 74.2. The predicted molar refractivity (Wildman–Crippen MR) is 187 cm³/mol. The van der Waals surface area contributed by atoms with Gasteiger partial charge >= 0.3 is 0 Å². The van der Waals surface area contributed by atoms with Crippen molar-refractivity contribution in [2.24, 2.45) is 34.0 Å². The molecule has 0 aromatic carbocycles. The number of sulfonamides is 1. The Morgan fingerprint density at radius 2 is 1.75 bits per heavy atom. The second-order valence-corrected chi connectivity index (χ2v) is 18.5. The molecule has 1 aromatic rings. The number of amides is 4. The highest BCUT2D eigenvalue weighted by Gasteiger charge is 2.70. The van der Waals surface area contributed by atoms with Crippen LogP contribution >= 0.6 is 0 Å². The number of aromatic amines is 1. The first kappa shape index (κ1) is 38.6. The number of likely N-dealkylation sites (tertiary alicyclic amines) is 1. The molecule has 1 aromatic heterocycles. The number of H-pyrrole nitrogens is 1. The van der Waals surface area contributed by atoms with Gasteiger partial charge in [-0.05, 0) is 53.3 Å². The maximum atomic E-state index is 14.6. The van der Waals surface area contributed by atoms with Gasteiger partial charge in [0, 0.05) is 13.1 Å². The summed E-state index contributed by atoms with van der Waals surface area (Å²) in [5, 5.41) is 13.8. The monoisotopic (exact) mass is 730 g/mol. The first-order valence-corrected chi connectivity index (χ1v) is 19.5. The number of nitrogens with one attached hydrogen (secondary N) is 5. The zero-order chi connectivity index (χ0) is 37.5. The van der Waals surface area contributed by atoms with E-state index >= 15 is 0 Å². The Balaban J connectivity index is 1.40. The average molecular weight is 731 g/mol. The van der Waals surface area contributed by atoms with Gasteiger partial charge in [0.25, 0.3) is 21.1 Å². The van der Waals surface area contributed by atoms with Gasteiger partial charge in [-0.3, -0.25) is 24.0 Å². The van der Waals surface area contributed by atoms with Gasteiger partial charge in [0.2, 0.25) is 23.5 Å². The number of hydrogen-bond donors (Lipinski definition) is 5. The molecule has 4 amide bonds. The second-order valence-electron chi connectivity index (χ2n) is 16.9. The molecule has 51 heavy (non-hydrogen) atoms. The molecular weight excluding hydrogens is 677 g/mol. The Hall–Kier alpha value is -3.66. The fourth-order valence-corrected chi connectivity index (χ4v) is 9.31. The number of ketones is 1. The van der Waals surface area contributed by atoms with Crippen molar-refractivity contribution in [1.82, 2.24) is 40.8 Å². The van der Waals surface area contributed by atoms with Crippen molar-refractivity contribution in [2.45, 2.75) is 122 Å². The predicted octanol–water partition coefficient (Wildman–Crippen LogP) is 1.59. The van der Waals surface area contributed by atoms with Gasteiger partial charge in [-0.2, -0.15) is 9.82 Å². The molecule has 16 heteroatoms. The van der Waals surface area contributed by atoms with Crippen molar-refractivity contribution in [2.75, 3.05) is 13.1 Å². The van der Waals surface area contributed by atoms with Crippen LogP contribution in [-0.4, -0.2) is 95.2 Å². The normalized spacial score (nSPS) is 25.5. The van der Waals surface area contributed by atoms with Crippen LogP contribution in [0, 0.1) is 34.0 Å². The summed E-state index contributed by atoms with van der Waals surface area (Å²) >= 11 is 0. The van der Waals surface area contributed by atoms with E-state index in [-0.39, 0.29) is 36.3 Å². The molecule has 2 heterocycles. The maximum Gasteiger partial charge on any atom is 0.289 e. The molecule has 0 radical (unpaired) electrons. The highest BCUT2D eigenvalue weighted by molar-refractivity contribution is 7.89. The lowest BCUT2D eigenvalue weighted by molar-refractivity contribution is -0.147. The highest BCUT2D eigenvalue weighted by atomic mass is 32.2. The van der Waals surface area contributed by atoms with E-state index < -0.39 is 79.6 Å². The molecule has 3 aliphatic carbocycles. The summed E-state index contributed by atoms with van der Waals surface area (Å²) < 4.78 is 29.2. The van der Waals surface area contributed by atoms with Crippen LogP contribution in [0.25, 0.3) is 0 Å². The molecule has 4 aliphatic rings. The van der Waals surface area contributed by atoms with Crippen LogP contribution in [0.5, 0.6) is 0 Å². The standard InChI is InChI=1S/C35H54N8O7S/c1-8-16-36-29(46)25(44)22(17-20-12-13-20)39-28(45)24-23-21(34(23,5)6)18-43(24)31(48)27(33(2,3)4)40-30(47)26(35(7)14-10-9-11-15-35)42-51(49,50)32-37-19-38-41-32/h8,19-24,26-27,42H,1,9-18H2,2-7H3,(H,36,46)(H,39,45)(H,40,47)(H,37,38,41)/t21-,22?,23-,24-,26+,27+/m0/s1. The number of hydrogen-bond acceptors (Lipinski definition) is 9. The van der Waals surface area contributed by atoms with Gasteiger partial charge in [-0.15, -0.1) is 6.58 Å². The minimum Gasteiger partial charge on any atom is -0.346 e. The van der Waals surface area contributed by atoms with Crippen LogP contribution in [0.15, 0.2) is 24.1 Å². The van der Waals surface area contributed by atoms with Crippen molar-refractivity contribution >= 4 is 39.4 Å². The van der Waals surface area contributed by atoms with E-state index in [1.54, 1.807) is 20.8 Å². The largest absolute Gasteiger partial charge is 0.346 e. The van der Waals surface area contributed by atoms with Gasteiger partial charge in [0.1, 0.15) is 24.5 Å². The van der Waals surface area contributed by atoms with E-state index in [4.69, 9.17) is 0 Å². The summed E-state index contributed by atoms with van der Waals surface area (Å²) in [6, 6.07) is -4.32. The Morgan fingerprint density at radius 1 is 1.08 bits per heavy atom. The van der Waals surface area contributed by atoms with Gasteiger partial charge in [-0.1, -0.05) is 79.7 Å².